The van der Waals surface area contributed by atoms with Crippen LogP contribution in [0.3, 0.4) is 0 Å². The fourth-order valence-electron chi connectivity index (χ4n) is 1.35. The van der Waals surface area contributed by atoms with E-state index < -0.39 is 11.6 Å². The van der Waals surface area contributed by atoms with Crippen LogP contribution in [-0.4, -0.2) is 5.70 Å². The van der Waals surface area contributed by atoms with Crippen LogP contribution in [0.5, 0.6) is 0 Å². The first-order valence-electron chi connectivity index (χ1n) is 4.41. The van der Waals surface area contributed by atoms with E-state index in [2.05, 4.69) is 5.70 Å². The van der Waals surface area contributed by atoms with Crippen molar-refractivity contribution in [3.8, 4) is 0 Å². The van der Waals surface area contributed by atoms with Crippen LogP contribution in [0.4, 0.5) is 14.5 Å². The summed E-state index contributed by atoms with van der Waals surface area (Å²) in [5.74, 6) is -1.75. The van der Waals surface area contributed by atoms with Crippen molar-refractivity contribution in [2.45, 2.75) is 26.7 Å². The van der Waals surface area contributed by atoms with Gasteiger partial charge in [0.1, 0.15) is 0 Å². The summed E-state index contributed by atoms with van der Waals surface area (Å²) in [4.78, 5) is 0. The predicted octanol–water partition coefficient (Wildman–Crippen LogP) is 3.48. The molecule has 0 aliphatic rings. The topological polar surface area (TPSA) is 26.0 Å². The first kappa shape index (κ1) is 14.7. The number of nitrogens with two attached hydrogens (primary N) is 1. The van der Waals surface area contributed by atoms with Crippen LogP contribution < -0.4 is 5.73 Å². The van der Waals surface area contributed by atoms with E-state index in [4.69, 9.17) is 5.73 Å². The highest BCUT2D eigenvalue weighted by Gasteiger charge is 2.16. The van der Waals surface area contributed by atoms with E-state index in [1.54, 1.807) is 43.1 Å². The minimum Gasteiger partial charge on any atom is -0.398 e. The van der Waals surface area contributed by atoms with Crippen molar-refractivity contribution < 1.29 is 8.78 Å². The number of hydrogen-bond acceptors (Lipinski definition) is 1. The Bertz CT molecular complexity index is 316. The number of nitrogen functional groups attached to an aromatic ring is 1. The standard InChI is InChI=1S/C10H13F2N.BI/c1-5(2)8-9(12)7(11)4-6(3)10(8)13;1-2/h4-5H,13H2,1-3H3;. The van der Waals surface area contributed by atoms with Gasteiger partial charge in [-0.2, -0.15) is 22.4 Å². The lowest BCUT2D eigenvalue weighted by molar-refractivity contribution is 0.494. The SMILES string of the molecule is Cc1cc(F)c(F)c(C(C)C)c1N.[B]I. The summed E-state index contributed by atoms with van der Waals surface area (Å²) in [6, 6.07) is 1.12. The van der Waals surface area contributed by atoms with Crippen LogP contribution >= 0.6 is 22.4 Å². The lowest BCUT2D eigenvalue weighted by Gasteiger charge is -2.13. The van der Waals surface area contributed by atoms with Gasteiger partial charge in [-0.15, -0.1) is 0 Å². The fraction of sp³-hybridized carbons (Fsp3) is 0.400. The third-order valence-corrected chi connectivity index (χ3v) is 2.08. The molecule has 0 bridgehead atoms. The second-order valence-corrected chi connectivity index (χ2v) is 3.47. The van der Waals surface area contributed by atoms with Gasteiger partial charge in [-0.3, -0.25) is 0 Å². The second kappa shape index (κ2) is 6.30. The van der Waals surface area contributed by atoms with Crippen LogP contribution in [0.1, 0.15) is 30.9 Å². The van der Waals surface area contributed by atoms with Crippen LogP contribution in [0.15, 0.2) is 6.07 Å². The van der Waals surface area contributed by atoms with Crippen molar-refractivity contribution >= 4 is 33.8 Å². The molecule has 1 rings (SSSR count). The summed E-state index contributed by atoms with van der Waals surface area (Å²) in [5.41, 5.74) is 11.3. The number of hydrogen-bond donors (Lipinski definition) is 1. The Balaban J connectivity index is 0.000000921. The van der Waals surface area contributed by atoms with E-state index >= 15 is 0 Å². The van der Waals surface area contributed by atoms with Gasteiger partial charge in [-0.1, -0.05) is 13.8 Å². The highest BCUT2D eigenvalue weighted by Crippen LogP contribution is 2.29. The van der Waals surface area contributed by atoms with Crippen molar-refractivity contribution in [1.29, 1.82) is 0 Å². The molecule has 0 heterocycles. The molecule has 82 valence electrons. The van der Waals surface area contributed by atoms with E-state index in [9.17, 15) is 8.78 Å². The third kappa shape index (κ3) is 3.33. The molecule has 1 nitrogen and oxygen atoms in total. The Morgan fingerprint density at radius 2 is 1.80 bits per heavy atom. The number of anilines is 1. The number of benzene rings is 1. The largest absolute Gasteiger partial charge is 0.398 e. The Morgan fingerprint density at radius 3 is 2.20 bits per heavy atom. The molecule has 0 fully saturated rings. The Hall–Kier alpha value is -0.325. The summed E-state index contributed by atoms with van der Waals surface area (Å²) in [7, 11) is 0. The molecule has 1 aromatic carbocycles. The zero-order valence-corrected chi connectivity index (χ0v) is 11.1. The molecule has 0 atom stereocenters. The Kier molecular flexibility index (Phi) is 6.16. The molecular weight excluding hydrogens is 310 g/mol. The van der Waals surface area contributed by atoms with Crippen molar-refractivity contribution in [3.05, 3.63) is 28.8 Å². The molecule has 0 spiro atoms. The summed E-state index contributed by atoms with van der Waals surface area (Å²) in [6.07, 6.45) is 0. The molecule has 2 N–H and O–H groups in total. The lowest BCUT2D eigenvalue weighted by Crippen LogP contribution is -2.05. The molecule has 2 radical (unpaired) electrons. The summed E-state index contributed by atoms with van der Waals surface area (Å²) in [6.45, 7) is 5.24. The number of halogens is 3. The van der Waals surface area contributed by atoms with Gasteiger partial charge in [-0.05, 0) is 24.5 Å². The van der Waals surface area contributed by atoms with Crippen LogP contribution in [0, 0.1) is 18.6 Å². The molecule has 0 amide bonds. The first-order valence-corrected chi connectivity index (χ1v) is 5.65. The molecule has 5 heteroatoms. The van der Waals surface area contributed by atoms with E-state index in [1.165, 1.54) is 0 Å². The van der Waals surface area contributed by atoms with E-state index in [-0.39, 0.29) is 11.5 Å². The second-order valence-electron chi connectivity index (χ2n) is 3.47. The quantitative estimate of drug-likeness (QED) is 0.478. The van der Waals surface area contributed by atoms with Gasteiger partial charge in [0.05, 0.1) is 0 Å². The van der Waals surface area contributed by atoms with E-state index in [0.29, 0.717) is 11.3 Å². The van der Waals surface area contributed by atoms with Crippen LogP contribution in [-0.2, 0) is 0 Å². The summed E-state index contributed by atoms with van der Waals surface area (Å²) >= 11 is 1.65. The minimum absolute atomic E-state index is 0.102. The van der Waals surface area contributed by atoms with Gasteiger partial charge in [0.25, 0.3) is 0 Å². The zero-order chi connectivity index (χ0) is 12.2. The maximum atomic E-state index is 13.2. The monoisotopic (exact) mass is 323 g/mol. The van der Waals surface area contributed by atoms with Gasteiger partial charge in [0.15, 0.2) is 17.3 Å². The molecule has 0 unspecified atom stereocenters. The Labute approximate surface area is 104 Å². The molecule has 0 saturated carbocycles. The molecule has 0 aromatic heterocycles. The first-order chi connectivity index (χ1) is 6.95. The molecule has 0 aliphatic carbocycles. The molecule has 0 saturated heterocycles. The number of aryl methyl sites for hydroxylation is 1. The summed E-state index contributed by atoms with van der Waals surface area (Å²) < 4.78 is 26.2. The van der Waals surface area contributed by atoms with Crippen molar-refractivity contribution in [2.24, 2.45) is 0 Å². The van der Waals surface area contributed by atoms with E-state index in [1.807, 2.05) is 0 Å². The van der Waals surface area contributed by atoms with Gasteiger partial charge in [-0.25, -0.2) is 8.78 Å². The average Bonchev–Trinajstić information content (AvgIpc) is 2.18. The van der Waals surface area contributed by atoms with E-state index in [0.717, 1.165) is 6.07 Å². The molecular formula is C10H13BF2IN. The van der Waals surface area contributed by atoms with Gasteiger partial charge >= 0.3 is 0 Å². The average molecular weight is 323 g/mol. The van der Waals surface area contributed by atoms with Gasteiger partial charge in [0, 0.05) is 11.3 Å². The highest BCUT2D eigenvalue weighted by molar-refractivity contribution is 14.1. The third-order valence-electron chi connectivity index (χ3n) is 2.08. The van der Waals surface area contributed by atoms with Crippen molar-refractivity contribution in [1.82, 2.24) is 0 Å². The maximum absolute atomic E-state index is 13.2. The fourth-order valence-corrected chi connectivity index (χ4v) is 1.35. The predicted molar refractivity (Wildman–Crippen MR) is 69.4 cm³/mol. The number of rotatable bonds is 1. The maximum Gasteiger partial charge on any atom is 0.169 e. The van der Waals surface area contributed by atoms with Crippen molar-refractivity contribution in [3.63, 3.8) is 0 Å². The normalized spacial score (nSPS) is 9.80. The smallest absolute Gasteiger partial charge is 0.169 e. The minimum atomic E-state index is -0.824. The van der Waals surface area contributed by atoms with Gasteiger partial charge < -0.3 is 5.73 Å². The molecule has 15 heavy (non-hydrogen) atoms. The van der Waals surface area contributed by atoms with Crippen LogP contribution in [0.25, 0.3) is 0 Å². The molecule has 1 aromatic rings. The summed E-state index contributed by atoms with van der Waals surface area (Å²) in [5, 5.41) is 0. The van der Waals surface area contributed by atoms with Gasteiger partial charge in [0.2, 0.25) is 0 Å². The highest BCUT2D eigenvalue weighted by atomic mass is 127. The van der Waals surface area contributed by atoms with Crippen LogP contribution in [0.2, 0.25) is 0 Å². The lowest BCUT2D eigenvalue weighted by atomic mass is 9.97. The molecule has 0 aliphatic heterocycles. The van der Waals surface area contributed by atoms with Crippen molar-refractivity contribution in [2.75, 3.05) is 5.73 Å². The zero-order valence-electron chi connectivity index (χ0n) is 8.94. The Morgan fingerprint density at radius 1 is 1.33 bits per heavy atom.